The predicted octanol–water partition coefficient (Wildman–Crippen LogP) is 2.46. The Morgan fingerprint density at radius 1 is 1.17 bits per heavy atom. The topological polar surface area (TPSA) is 177 Å². The number of hydrogen-bond donors (Lipinski definition) is 3. The highest BCUT2D eigenvalue weighted by molar-refractivity contribution is 7.91. The molecular weight excluding hydrogens is 650 g/mol. The number of nitrogens with two attached hydrogens (primary N) is 1. The highest BCUT2D eigenvalue weighted by Crippen LogP contribution is 2.48. The fourth-order valence-electron chi connectivity index (χ4n) is 6.95. The van der Waals surface area contributed by atoms with Gasteiger partial charge in [0.1, 0.15) is 17.7 Å². The molecule has 1 aromatic rings. The van der Waals surface area contributed by atoms with Crippen LogP contribution in [-0.4, -0.2) is 83.8 Å². The van der Waals surface area contributed by atoms with Crippen molar-refractivity contribution in [2.24, 2.45) is 11.7 Å². The third-order valence-corrected chi connectivity index (χ3v) is 12.2. The molecule has 2 aliphatic carbocycles. The van der Waals surface area contributed by atoms with E-state index in [9.17, 15) is 27.6 Å². The van der Waals surface area contributed by atoms with E-state index in [2.05, 4.69) is 10.0 Å². The monoisotopic (exact) mass is 691 g/mol. The number of carbonyl (C=O) groups is 4. The van der Waals surface area contributed by atoms with E-state index in [1.807, 2.05) is 24.3 Å². The number of benzene rings is 1. The van der Waals surface area contributed by atoms with Gasteiger partial charge in [-0.25, -0.2) is 17.9 Å². The highest BCUT2D eigenvalue weighted by atomic mass is 35.5. The summed E-state index contributed by atoms with van der Waals surface area (Å²) in [5, 5.41) is 3.37. The third kappa shape index (κ3) is 6.61. The first-order valence-corrected chi connectivity index (χ1v) is 18.2. The Bertz CT molecular complexity index is 1580. The van der Waals surface area contributed by atoms with Crippen LogP contribution in [0.5, 0.6) is 0 Å². The zero-order valence-corrected chi connectivity index (χ0v) is 28.0. The first kappa shape index (κ1) is 33.7. The smallest absolute Gasteiger partial charge is 0.410 e. The molecule has 5 aliphatic rings. The van der Waals surface area contributed by atoms with Gasteiger partial charge in [0.2, 0.25) is 11.8 Å². The molecule has 3 fully saturated rings. The number of carbonyl (C=O) groups excluding carboxylic acids is 4. The number of ether oxygens (including phenoxy) is 2. The van der Waals surface area contributed by atoms with Crippen LogP contribution in [0.4, 0.5) is 4.79 Å². The minimum Gasteiger partial charge on any atom is -0.444 e. The molecule has 5 atom stereocenters. The number of rotatable bonds is 6. The lowest BCUT2D eigenvalue weighted by molar-refractivity contribution is -0.140. The van der Waals surface area contributed by atoms with E-state index in [1.54, 1.807) is 13.0 Å². The Morgan fingerprint density at radius 3 is 2.68 bits per heavy atom. The fraction of sp³-hybridized carbons (Fsp3) is 0.625. The first-order valence-electron chi connectivity index (χ1n) is 16.4. The van der Waals surface area contributed by atoms with Crippen molar-refractivity contribution in [1.29, 1.82) is 0 Å². The molecule has 4 amide bonds. The van der Waals surface area contributed by atoms with Gasteiger partial charge in [0, 0.05) is 30.5 Å². The van der Waals surface area contributed by atoms with Crippen LogP contribution in [0, 0.1) is 5.92 Å². The standard InChI is InChI=1S/C32H42ClN5O8S/c1-2-45-31(13-14-31)47(43,44)36-29(41)32-16-21(32)10-6-4-3-5-7-12-25(34)28(40)38-18-22(15-26(38)27(39)35-32)46-30(42)37-17-20-9-8-11-24(33)23(20)19-37/h6,8-11,21-22,25-26H,2-5,7,12-19,34H2,1H3,(H,35,39)(H,36,41)/b10-6-/t21-,22+,25?,26-,32+/m0/s1. The summed E-state index contributed by atoms with van der Waals surface area (Å²) in [7, 11) is -4.19. The van der Waals surface area contributed by atoms with E-state index in [0.29, 0.717) is 18.0 Å². The van der Waals surface area contributed by atoms with E-state index in [4.69, 9.17) is 26.8 Å². The summed E-state index contributed by atoms with van der Waals surface area (Å²) in [6, 6.07) is 3.52. The van der Waals surface area contributed by atoms with Gasteiger partial charge in [0.25, 0.3) is 15.9 Å². The Morgan fingerprint density at radius 2 is 1.96 bits per heavy atom. The Kier molecular flexibility index (Phi) is 9.33. The van der Waals surface area contributed by atoms with Gasteiger partial charge in [-0.3, -0.25) is 19.3 Å². The van der Waals surface area contributed by atoms with Crippen molar-refractivity contribution >= 4 is 45.4 Å². The molecule has 3 aliphatic heterocycles. The van der Waals surface area contributed by atoms with Gasteiger partial charge in [-0.1, -0.05) is 48.7 Å². The molecule has 2 saturated carbocycles. The van der Waals surface area contributed by atoms with Gasteiger partial charge >= 0.3 is 6.09 Å². The number of allylic oxidation sites excluding steroid dienone is 1. The average Bonchev–Trinajstić information content (AvgIpc) is 3.85. The van der Waals surface area contributed by atoms with Crippen molar-refractivity contribution in [3.8, 4) is 0 Å². The summed E-state index contributed by atoms with van der Waals surface area (Å²) in [6.45, 7) is 2.39. The third-order valence-electron chi connectivity index (χ3n) is 9.92. The molecule has 15 heteroatoms. The quantitative estimate of drug-likeness (QED) is 0.378. The maximum absolute atomic E-state index is 14.0. The number of nitrogens with one attached hydrogen (secondary N) is 2. The maximum atomic E-state index is 14.0. The molecule has 1 unspecified atom stereocenters. The zero-order valence-electron chi connectivity index (χ0n) is 26.4. The SMILES string of the molecule is CCOC1(S(=O)(=O)NC(=O)[C@@]23C[C@@H]2/C=C\CCCCCC(N)C(=O)N2C[C@H](OC(=O)N4Cc5cccc(Cl)c5C4)C[C@H]2C(=O)N3)CC1. The van der Waals surface area contributed by atoms with E-state index in [1.165, 1.54) is 9.80 Å². The average molecular weight is 692 g/mol. The van der Waals surface area contributed by atoms with Crippen LogP contribution in [0.1, 0.15) is 75.8 Å². The lowest BCUT2D eigenvalue weighted by Crippen LogP contribution is -2.58. The summed E-state index contributed by atoms with van der Waals surface area (Å²) in [5.41, 5.74) is 6.54. The Balaban J connectivity index is 1.21. The number of sulfonamides is 1. The summed E-state index contributed by atoms with van der Waals surface area (Å²) < 4.78 is 39.9. The minimum absolute atomic E-state index is 0.0124. The van der Waals surface area contributed by atoms with Crippen molar-refractivity contribution < 1.29 is 37.1 Å². The molecule has 1 saturated heterocycles. The molecular formula is C32H42ClN5O8S. The van der Waals surface area contributed by atoms with Crippen molar-refractivity contribution in [2.45, 2.75) is 106 Å². The van der Waals surface area contributed by atoms with Gasteiger partial charge in [0.05, 0.1) is 19.1 Å². The lowest BCUT2D eigenvalue weighted by Gasteiger charge is -2.28. The van der Waals surface area contributed by atoms with Crippen molar-refractivity contribution in [3.63, 3.8) is 0 Å². The van der Waals surface area contributed by atoms with Gasteiger partial charge < -0.3 is 25.4 Å². The first-order chi connectivity index (χ1) is 22.4. The number of nitrogens with zero attached hydrogens (tertiary/aromatic N) is 2. The van der Waals surface area contributed by atoms with Crippen LogP contribution in [0.3, 0.4) is 0 Å². The van der Waals surface area contributed by atoms with Crippen LogP contribution in [0.15, 0.2) is 30.4 Å². The zero-order chi connectivity index (χ0) is 33.6. The van der Waals surface area contributed by atoms with Crippen LogP contribution >= 0.6 is 11.6 Å². The van der Waals surface area contributed by atoms with E-state index in [0.717, 1.165) is 36.8 Å². The van der Waals surface area contributed by atoms with Gasteiger partial charge in [0.15, 0.2) is 4.93 Å². The Hall–Kier alpha value is -3.20. The molecule has 0 spiro atoms. The second-order valence-corrected chi connectivity index (χ2v) is 15.6. The molecule has 4 N–H and O–H groups in total. The molecule has 256 valence electrons. The highest BCUT2D eigenvalue weighted by Gasteiger charge is 2.64. The molecule has 0 radical (unpaired) electrons. The second kappa shape index (κ2) is 13.0. The number of fused-ring (bicyclic) bond motifs is 3. The summed E-state index contributed by atoms with van der Waals surface area (Å²) in [6.07, 6.45) is 6.64. The van der Waals surface area contributed by atoms with Crippen LogP contribution in [0.2, 0.25) is 5.02 Å². The number of hydrogen-bond acceptors (Lipinski definition) is 9. The van der Waals surface area contributed by atoms with Gasteiger partial charge in [-0.05, 0) is 62.6 Å². The van der Waals surface area contributed by atoms with Gasteiger partial charge in [-0.15, -0.1) is 0 Å². The normalized spacial score (nSPS) is 31.0. The molecule has 1 aromatic carbocycles. The molecule has 0 aromatic heterocycles. The van der Waals surface area contributed by atoms with Crippen LogP contribution < -0.4 is 15.8 Å². The van der Waals surface area contributed by atoms with E-state index < -0.39 is 68.4 Å². The second-order valence-electron chi connectivity index (χ2n) is 13.2. The molecule has 0 bridgehead atoms. The van der Waals surface area contributed by atoms with Gasteiger partial charge in [-0.2, -0.15) is 0 Å². The summed E-state index contributed by atoms with van der Waals surface area (Å²) >= 11 is 6.32. The van der Waals surface area contributed by atoms with Crippen molar-refractivity contribution in [2.75, 3.05) is 13.2 Å². The molecule has 3 heterocycles. The van der Waals surface area contributed by atoms with E-state index in [-0.39, 0.29) is 45.4 Å². The summed E-state index contributed by atoms with van der Waals surface area (Å²) in [4.78, 5) is 55.9. The fourth-order valence-corrected chi connectivity index (χ4v) is 8.73. The van der Waals surface area contributed by atoms with Crippen molar-refractivity contribution in [3.05, 3.63) is 46.5 Å². The minimum atomic E-state index is -4.19. The summed E-state index contributed by atoms with van der Waals surface area (Å²) in [5.74, 6) is -2.38. The Labute approximate surface area is 279 Å². The molecule has 6 rings (SSSR count). The molecule has 13 nitrogen and oxygen atoms in total. The van der Waals surface area contributed by atoms with Crippen LogP contribution in [0.25, 0.3) is 0 Å². The molecule has 47 heavy (non-hydrogen) atoms. The number of halogens is 1. The maximum Gasteiger partial charge on any atom is 0.410 e. The van der Waals surface area contributed by atoms with Crippen LogP contribution in [-0.2, 0) is 47.0 Å². The predicted molar refractivity (Wildman–Crippen MR) is 171 cm³/mol. The largest absolute Gasteiger partial charge is 0.444 e. The number of amides is 4. The lowest BCUT2D eigenvalue weighted by atomic mass is 10.1. The van der Waals surface area contributed by atoms with E-state index >= 15 is 0 Å². The van der Waals surface area contributed by atoms with Crippen molar-refractivity contribution in [1.82, 2.24) is 19.8 Å².